The fourth-order valence-corrected chi connectivity index (χ4v) is 2.99. The van der Waals surface area contributed by atoms with Gasteiger partial charge in [0.15, 0.2) is 5.16 Å². The number of pyridine rings is 1. The lowest BCUT2D eigenvalue weighted by Gasteiger charge is -2.37. The van der Waals surface area contributed by atoms with Gasteiger partial charge in [-0.25, -0.2) is 15.0 Å². The number of nitriles is 1. The molecule has 7 heteroatoms. The second-order valence-corrected chi connectivity index (χ2v) is 6.12. The normalized spacial score (nSPS) is 14.7. The second-order valence-electron chi connectivity index (χ2n) is 5.35. The van der Waals surface area contributed by atoms with E-state index in [2.05, 4.69) is 31.7 Å². The zero-order valence-corrected chi connectivity index (χ0v) is 14.0. The Labute approximate surface area is 140 Å². The van der Waals surface area contributed by atoms with Gasteiger partial charge in [-0.05, 0) is 25.3 Å². The predicted octanol–water partition coefficient (Wildman–Crippen LogP) is 2.10. The average Bonchev–Trinajstić information content (AvgIpc) is 2.62. The van der Waals surface area contributed by atoms with Crippen molar-refractivity contribution >= 4 is 23.3 Å². The van der Waals surface area contributed by atoms with Gasteiger partial charge < -0.3 is 9.80 Å². The monoisotopic (exact) mass is 326 g/mol. The molecule has 0 atom stereocenters. The highest BCUT2D eigenvalue weighted by molar-refractivity contribution is 7.98. The molecule has 1 aliphatic rings. The number of aryl methyl sites for hydroxylation is 1. The molecule has 0 N–H and O–H groups in total. The maximum Gasteiger partial charge on any atom is 0.189 e. The fourth-order valence-electron chi connectivity index (χ4n) is 2.65. The van der Waals surface area contributed by atoms with E-state index in [1.807, 2.05) is 24.6 Å². The average molecular weight is 326 g/mol. The lowest BCUT2D eigenvalue weighted by atomic mass is 10.2. The van der Waals surface area contributed by atoms with E-state index in [0.717, 1.165) is 48.4 Å². The van der Waals surface area contributed by atoms with E-state index < -0.39 is 0 Å². The van der Waals surface area contributed by atoms with Crippen LogP contribution in [0.4, 0.5) is 11.5 Å². The van der Waals surface area contributed by atoms with E-state index in [-0.39, 0.29) is 0 Å². The van der Waals surface area contributed by atoms with Gasteiger partial charge in [0.05, 0.1) is 11.9 Å². The van der Waals surface area contributed by atoms with Gasteiger partial charge in [0.1, 0.15) is 17.6 Å². The quantitative estimate of drug-likeness (QED) is 0.632. The van der Waals surface area contributed by atoms with Gasteiger partial charge in [-0.3, -0.25) is 0 Å². The lowest BCUT2D eigenvalue weighted by Crippen LogP contribution is -2.47. The van der Waals surface area contributed by atoms with Gasteiger partial charge in [0, 0.05) is 37.9 Å². The molecule has 2 aromatic rings. The van der Waals surface area contributed by atoms with Crippen molar-refractivity contribution in [2.75, 3.05) is 42.2 Å². The van der Waals surface area contributed by atoms with Crippen LogP contribution in [0.25, 0.3) is 0 Å². The Kier molecular flexibility index (Phi) is 4.63. The molecule has 0 spiro atoms. The van der Waals surface area contributed by atoms with Crippen LogP contribution in [0, 0.1) is 18.3 Å². The van der Waals surface area contributed by atoms with Gasteiger partial charge in [-0.2, -0.15) is 5.26 Å². The van der Waals surface area contributed by atoms with Crippen molar-refractivity contribution < 1.29 is 0 Å². The molecule has 0 radical (unpaired) electrons. The number of aromatic nitrogens is 3. The van der Waals surface area contributed by atoms with Crippen molar-refractivity contribution in [3.63, 3.8) is 0 Å². The fraction of sp³-hybridized carbons (Fsp3) is 0.375. The first-order chi connectivity index (χ1) is 11.2. The lowest BCUT2D eigenvalue weighted by molar-refractivity contribution is 0.640. The van der Waals surface area contributed by atoms with E-state index in [1.165, 1.54) is 0 Å². The molecule has 6 nitrogen and oxygen atoms in total. The molecule has 0 amide bonds. The zero-order valence-electron chi connectivity index (χ0n) is 13.2. The number of thioether (sulfide) groups is 1. The summed E-state index contributed by atoms with van der Waals surface area (Å²) in [6.07, 6.45) is 5.66. The van der Waals surface area contributed by atoms with Crippen LogP contribution in [-0.4, -0.2) is 47.4 Å². The number of hydrogen-bond acceptors (Lipinski definition) is 7. The van der Waals surface area contributed by atoms with E-state index in [0.29, 0.717) is 5.69 Å². The molecular formula is C16H18N6S. The Hall–Kier alpha value is -2.33. The second kappa shape index (κ2) is 6.84. The molecule has 0 saturated carbocycles. The Morgan fingerprint density at radius 2 is 1.83 bits per heavy atom. The summed E-state index contributed by atoms with van der Waals surface area (Å²) < 4.78 is 0. The van der Waals surface area contributed by atoms with E-state index >= 15 is 0 Å². The SMILES string of the molecule is CSc1ncc(C)c(N2CCN(c3ccc(C#N)nc3)CC2)n1. The first-order valence-corrected chi connectivity index (χ1v) is 8.67. The predicted molar refractivity (Wildman–Crippen MR) is 91.9 cm³/mol. The maximum atomic E-state index is 8.82. The van der Waals surface area contributed by atoms with Crippen LogP contribution in [-0.2, 0) is 0 Å². The molecule has 0 aliphatic carbocycles. The summed E-state index contributed by atoms with van der Waals surface area (Å²) in [5.41, 5.74) is 2.62. The topological polar surface area (TPSA) is 68.9 Å². The third-order valence-corrected chi connectivity index (χ3v) is 4.47. The van der Waals surface area contributed by atoms with Crippen LogP contribution < -0.4 is 9.80 Å². The minimum atomic E-state index is 0.452. The molecule has 3 heterocycles. The Morgan fingerprint density at radius 1 is 1.09 bits per heavy atom. The molecule has 2 aromatic heterocycles. The number of hydrogen-bond donors (Lipinski definition) is 0. The standard InChI is InChI=1S/C16H18N6S/c1-12-10-19-16(23-2)20-15(12)22-7-5-21(6-8-22)14-4-3-13(9-17)18-11-14/h3-4,10-11H,5-8H2,1-2H3. The van der Waals surface area contributed by atoms with Crippen molar-refractivity contribution in [2.45, 2.75) is 12.1 Å². The largest absolute Gasteiger partial charge is 0.367 e. The van der Waals surface area contributed by atoms with Crippen LogP contribution in [0.1, 0.15) is 11.3 Å². The summed E-state index contributed by atoms with van der Waals surface area (Å²) in [5, 5.41) is 9.63. The molecule has 118 valence electrons. The molecule has 23 heavy (non-hydrogen) atoms. The Balaban J connectivity index is 1.69. The van der Waals surface area contributed by atoms with Crippen molar-refractivity contribution in [3.8, 4) is 6.07 Å². The Bertz CT molecular complexity index is 716. The van der Waals surface area contributed by atoms with Crippen molar-refractivity contribution in [1.29, 1.82) is 5.26 Å². The van der Waals surface area contributed by atoms with Crippen LogP contribution in [0.3, 0.4) is 0 Å². The zero-order chi connectivity index (χ0) is 16.2. The highest BCUT2D eigenvalue weighted by Gasteiger charge is 2.20. The van der Waals surface area contributed by atoms with Crippen molar-refractivity contribution in [3.05, 3.63) is 35.8 Å². The highest BCUT2D eigenvalue weighted by Crippen LogP contribution is 2.23. The van der Waals surface area contributed by atoms with Crippen LogP contribution in [0.5, 0.6) is 0 Å². The molecule has 0 unspecified atom stereocenters. The minimum Gasteiger partial charge on any atom is -0.367 e. The smallest absolute Gasteiger partial charge is 0.189 e. The van der Waals surface area contributed by atoms with Gasteiger partial charge >= 0.3 is 0 Å². The van der Waals surface area contributed by atoms with Gasteiger partial charge in [0.25, 0.3) is 0 Å². The summed E-state index contributed by atoms with van der Waals surface area (Å²) >= 11 is 1.56. The van der Waals surface area contributed by atoms with Gasteiger partial charge in [0.2, 0.25) is 0 Å². The molecular weight excluding hydrogens is 308 g/mol. The third kappa shape index (κ3) is 3.37. The summed E-state index contributed by atoms with van der Waals surface area (Å²) in [6.45, 7) is 5.69. The minimum absolute atomic E-state index is 0.452. The number of nitrogens with zero attached hydrogens (tertiary/aromatic N) is 6. The van der Waals surface area contributed by atoms with E-state index in [4.69, 9.17) is 5.26 Å². The Morgan fingerprint density at radius 3 is 2.43 bits per heavy atom. The van der Waals surface area contributed by atoms with Crippen LogP contribution in [0.15, 0.2) is 29.7 Å². The summed E-state index contributed by atoms with van der Waals surface area (Å²) in [4.78, 5) is 17.7. The van der Waals surface area contributed by atoms with Crippen molar-refractivity contribution in [1.82, 2.24) is 15.0 Å². The van der Waals surface area contributed by atoms with Crippen LogP contribution in [0.2, 0.25) is 0 Å². The van der Waals surface area contributed by atoms with Gasteiger partial charge in [-0.15, -0.1) is 0 Å². The van der Waals surface area contributed by atoms with Crippen molar-refractivity contribution in [2.24, 2.45) is 0 Å². The molecule has 1 aliphatic heterocycles. The number of rotatable bonds is 3. The maximum absolute atomic E-state index is 8.82. The summed E-state index contributed by atoms with van der Waals surface area (Å²) in [6, 6.07) is 5.77. The van der Waals surface area contributed by atoms with Gasteiger partial charge in [-0.1, -0.05) is 11.8 Å². The first kappa shape index (κ1) is 15.6. The summed E-state index contributed by atoms with van der Waals surface area (Å²) in [5.74, 6) is 1.03. The highest BCUT2D eigenvalue weighted by atomic mass is 32.2. The van der Waals surface area contributed by atoms with E-state index in [1.54, 1.807) is 24.0 Å². The number of piperazine rings is 1. The molecule has 1 saturated heterocycles. The first-order valence-electron chi connectivity index (χ1n) is 7.45. The van der Waals surface area contributed by atoms with E-state index in [9.17, 15) is 0 Å². The number of anilines is 2. The summed E-state index contributed by atoms with van der Waals surface area (Å²) in [7, 11) is 0. The molecule has 3 rings (SSSR count). The molecule has 1 fully saturated rings. The molecule has 0 aromatic carbocycles. The third-order valence-electron chi connectivity index (χ3n) is 3.91. The van der Waals surface area contributed by atoms with Crippen LogP contribution >= 0.6 is 11.8 Å². The molecule has 0 bridgehead atoms.